The van der Waals surface area contributed by atoms with Gasteiger partial charge in [-0.15, -0.1) is 0 Å². The molecule has 0 amide bonds. The van der Waals surface area contributed by atoms with Crippen molar-refractivity contribution in [3.63, 3.8) is 0 Å². The minimum atomic E-state index is -2.40. The Labute approximate surface area is 215 Å². The second-order valence-electron chi connectivity index (χ2n) is 10.1. The number of carboxylic acid groups (broad SMARTS) is 1. The number of piperazine rings is 1. The summed E-state index contributed by atoms with van der Waals surface area (Å²) in [7, 11) is 1.67. The molecule has 5 rings (SSSR count). The molecular weight excluding hydrogens is 478 g/mol. The molecule has 2 fully saturated rings. The predicted octanol–water partition coefficient (Wildman–Crippen LogP) is 4.91. The Hall–Kier alpha value is -3.17. The standard InChI is InChI=1S/C28H34F2N4O3/c1-18-13-25(37-2)22(20-7-8-31-27(18)20)15-34-12-11-32(17-26(29)30)16-24(34)19-5-6-21(28(35)36)23(14-19)33-9-3-4-10-33/h5-8,13-14,24,26,31H,3-4,9-12,15-17H2,1-2H3,(H,35,36)/t24-/m1/s1. The third-order valence-corrected chi connectivity index (χ3v) is 7.75. The summed E-state index contributed by atoms with van der Waals surface area (Å²) in [5.41, 5.74) is 5.16. The van der Waals surface area contributed by atoms with Gasteiger partial charge < -0.3 is 19.7 Å². The lowest BCUT2D eigenvalue weighted by Gasteiger charge is -2.42. The summed E-state index contributed by atoms with van der Waals surface area (Å²) in [6.45, 7) is 5.60. The molecule has 1 aromatic heterocycles. The van der Waals surface area contributed by atoms with Gasteiger partial charge in [0.2, 0.25) is 0 Å². The van der Waals surface area contributed by atoms with Crippen LogP contribution in [0.25, 0.3) is 10.9 Å². The minimum Gasteiger partial charge on any atom is -0.496 e. The highest BCUT2D eigenvalue weighted by Crippen LogP contribution is 2.37. The molecule has 3 aromatic rings. The average Bonchev–Trinajstić information content (AvgIpc) is 3.58. The third kappa shape index (κ3) is 5.15. The van der Waals surface area contributed by atoms with E-state index in [2.05, 4.69) is 20.9 Å². The number of H-pyrrole nitrogens is 1. The van der Waals surface area contributed by atoms with Crippen molar-refractivity contribution in [3.8, 4) is 5.75 Å². The highest BCUT2D eigenvalue weighted by molar-refractivity contribution is 5.94. The number of hydrogen-bond donors (Lipinski definition) is 2. The zero-order valence-corrected chi connectivity index (χ0v) is 21.3. The lowest BCUT2D eigenvalue weighted by atomic mass is 9.97. The number of methoxy groups -OCH3 is 1. The van der Waals surface area contributed by atoms with Crippen LogP contribution in [0.3, 0.4) is 0 Å². The van der Waals surface area contributed by atoms with Gasteiger partial charge in [-0.25, -0.2) is 13.6 Å². The lowest BCUT2D eigenvalue weighted by Crippen LogP contribution is -2.49. The number of carboxylic acids is 1. The molecule has 2 aliphatic rings. The number of carbonyl (C=O) groups is 1. The van der Waals surface area contributed by atoms with Crippen LogP contribution in [-0.2, 0) is 6.54 Å². The topological polar surface area (TPSA) is 72.0 Å². The molecule has 1 atom stereocenters. The number of nitrogens with zero attached hydrogens (tertiary/aromatic N) is 3. The lowest BCUT2D eigenvalue weighted by molar-refractivity contribution is 0.0246. The molecule has 37 heavy (non-hydrogen) atoms. The zero-order chi connectivity index (χ0) is 26.1. The number of aromatic amines is 1. The zero-order valence-electron chi connectivity index (χ0n) is 21.3. The number of alkyl halides is 2. The number of benzene rings is 2. The van der Waals surface area contributed by atoms with Crippen molar-refractivity contribution in [2.45, 2.75) is 38.8 Å². The predicted molar refractivity (Wildman–Crippen MR) is 140 cm³/mol. The van der Waals surface area contributed by atoms with E-state index in [1.54, 1.807) is 13.2 Å². The molecule has 2 aromatic carbocycles. The van der Waals surface area contributed by atoms with Crippen molar-refractivity contribution in [2.24, 2.45) is 0 Å². The van der Waals surface area contributed by atoms with Gasteiger partial charge in [-0.2, -0.15) is 0 Å². The number of halogens is 2. The van der Waals surface area contributed by atoms with Crippen molar-refractivity contribution in [3.05, 3.63) is 58.8 Å². The van der Waals surface area contributed by atoms with Gasteiger partial charge in [-0.05, 0) is 55.2 Å². The van der Waals surface area contributed by atoms with Crippen LogP contribution in [0.2, 0.25) is 0 Å². The molecule has 2 aliphatic heterocycles. The number of ether oxygens (including phenoxy) is 1. The Morgan fingerprint density at radius 2 is 1.95 bits per heavy atom. The van der Waals surface area contributed by atoms with Gasteiger partial charge >= 0.3 is 5.97 Å². The highest BCUT2D eigenvalue weighted by atomic mass is 19.3. The van der Waals surface area contributed by atoms with Gasteiger partial charge in [-0.1, -0.05) is 6.07 Å². The van der Waals surface area contributed by atoms with E-state index in [1.165, 1.54) is 0 Å². The van der Waals surface area contributed by atoms with Crippen LogP contribution in [0.5, 0.6) is 5.75 Å². The normalized spacial score (nSPS) is 19.3. The summed E-state index contributed by atoms with van der Waals surface area (Å²) in [5.74, 6) is -0.148. The van der Waals surface area contributed by atoms with Crippen molar-refractivity contribution < 1.29 is 23.4 Å². The Morgan fingerprint density at radius 3 is 2.65 bits per heavy atom. The molecule has 0 saturated carbocycles. The Bertz CT molecular complexity index is 1270. The van der Waals surface area contributed by atoms with Crippen LogP contribution in [-0.4, -0.2) is 78.7 Å². The summed E-state index contributed by atoms with van der Waals surface area (Å²) >= 11 is 0. The molecule has 0 aliphatic carbocycles. The van der Waals surface area contributed by atoms with E-state index in [0.717, 1.165) is 65.0 Å². The second-order valence-corrected chi connectivity index (χ2v) is 10.1. The maximum Gasteiger partial charge on any atom is 0.337 e. The summed E-state index contributed by atoms with van der Waals surface area (Å²) in [6, 6.07) is 9.41. The highest BCUT2D eigenvalue weighted by Gasteiger charge is 2.32. The monoisotopic (exact) mass is 512 g/mol. The smallest absolute Gasteiger partial charge is 0.337 e. The number of hydrogen-bond acceptors (Lipinski definition) is 5. The average molecular weight is 513 g/mol. The molecule has 198 valence electrons. The van der Waals surface area contributed by atoms with E-state index in [9.17, 15) is 18.7 Å². The number of rotatable bonds is 8. The molecule has 0 bridgehead atoms. The Balaban J connectivity index is 1.54. The van der Waals surface area contributed by atoms with E-state index in [1.807, 2.05) is 36.2 Å². The van der Waals surface area contributed by atoms with Gasteiger partial charge in [0.1, 0.15) is 5.75 Å². The van der Waals surface area contributed by atoms with Crippen LogP contribution in [0.4, 0.5) is 14.5 Å². The molecule has 7 nitrogen and oxygen atoms in total. The van der Waals surface area contributed by atoms with Crippen LogP contribution >= 0.6 is 0 Å². The first kappa shape index (κ1) is 25.5. The van der Waals surface area contributed by atoms with Crippen molar-refractivity contribution in [2.75, 3.05) is 51.3 Å². The minimum absolute atomic E-state index is 0.170. The molecule has 2 saturated heterocycles. The summed E-state index contributed by atoms with van der Waals surface area (Å²) in [5, 5.41) is 10.9. The molecule has 0 spiro atoms. The number of fused-ring (bicyclic) bond motifs is 1. The summed E-state index contributed by atoms with van der Waals surface area (Å²) in [6.07, 6.45) is 1.58. The van der Waals surface area contributed by atoms with Gasteiger partial charge in [-0.3, -0.25) is 9.80 Å². The van der Waals surface area contributed by atoms with Crippen LogP contribution < -0.4 is 9.64 Å². The fraction of sp³-hybridized carbons (Fsp3) is 0.464. The SMILES string of the molecule is COc1cc(C)c2[nH]ccc2c1CN1CCN(CC(F)F)C[C@@H]1c1ccc(C(=O)O)c(N2CCCC2)c1. The number of aryl methyl sites for hydroxylation is 1. The van der Waals surface area contributed by atoms with E-state index < -0.39 is 12.4 Å². The molecule has 0 radical (unpaired) electrons. The quantitative estimate of drug-likeness (QED) is 0.447. The molecular formula is C28H34F2N4O3. The third-order valence-electron chi connectivity index (χ3n) is 7.75. The summed E-state index contributed by atoms with van der Waals surface area (Å²) < 4.78 is 32.4. The number of aromatic carboxylic acids is 1. The van der Waals surface area contributed by atoms with Crippen molar-refractivity contribution >= 4 is 22.6 Å². The van der Waals surface area contributed by atoms with Crippen molar-refractivity contribution in [1.82, 2.24) is 14.8 Å². The molecule has 0 unspecified atom stereocenters. The van der Waals surface area contributed by atoms with Crippen LogP contribution in [0, 0.1) is 6.92 Å². The van der Waals surface area contributed by atoms with Gasteiger partial charge in [0.25, 0.3) is 6.43 Å². The largest absolute Gasteiger partial charge is 0.496 e. The van der Waals surface area contributed by atoms with E-state index in [-0.39, 0.29) is 18.2 Å². The summed E-state index contributed by atoms with van der Waals surface area (Å²) in [4.78, 5) is 21.6. The fourth-order valence-corrected chi connectivity index (χ4v) is 5.88. The second kappa shape index (κ2) is 10.7. The van der Waals surface area contributed by atoms with E-state index in [4.69, 9.17) is 4.74 Å². The first-order chi connectivity index (χ1) is 17.9. The Morgan fingerprint density at radius 1 is 1.16 bits per heavy atom. The first-order valence-corrected chi connectivity index (χ1v) is 12.9. The van der Waals surface area contributed by atoms with Gasteiger partial charge in [0.15, 0.2) is 0 Å². The molecule has 3 heterocycles. The maximum absolute atomic E-state index is 13.3. The van der Waals surface area contributed by atoms with E-state index >= 15 is 0 Å². The molecule has 2 N–H and O–H groups in total. The number of aromatic nitrogens is 1. The maximum atomic E-state index is 13.3. The van der Waals surface area contributed by atoms with Crippen LogP contribution in [0.1, 0.15) is 45.9 Å². The first-order valence-electron chi connectivity index (χ1n) is 12.9. The van der Waals surface area contributed by atoms with Crippen molar-refractivity contribution in [1.29, 1.82) is 0 Å². The number of anilines is 1. The molecule has 9 heteroatoms. The fourth-order valence-electron chi connectivity index (χ4n) is 5.88. The number of nitrogens with one attached hydrogen (secondary N) is 1. The van der Waals surface area contributed by atoms with Gasteiger partial charge in [0, 0.05) is 68.0 Å². The van der Waals surface area contributed by atoms with Crippen LogP contribution in [0.15, 0.2) is 36.5 Å². The Kier molecular flexibility index (Phi) is 7.35. The van der Waals surface area contributed by atoms with E-state index in [0.29, 0.717) is 26.2 Å². The van der Waals surface area contributed by atoms with Gasteiger partial charge in [0.05, 0.1) is 24.9 Å².